The van der Waals surface area contributed by atoms with E-state index in [1.807, 2.05) is 12.1 Å². The molecule has 0 aromatic carbocycles. The molecule has 0 saturated carbocycles. The predicted molar refractivity (Wildman–Crippen MR) is 56.9 cm³/mol. The van der Waals surface area contributed by atoms with E-state index in [0.717, 1.165) is 22.1 Å². The van der Waals surface area contributed by atoms with Crippen molar-refractivity contribution >= 4 is 17.2 Å². The highest BCUT2D eigenvalue weighted by molar-refractivity contribution is 7.14. The fourth-order valence-electron chi connectivity index (χ4n) is 1.07. The van der Waals surface area contributed by atoms with Crippen LogP contribution in [-0.2, 0) is 6.42 Å². The van der Waals surface area contributed by atoms with Crippen LogP contribution >= 0.6 is 11.3 Å². The van der Waals surface area contributed by atoms with Crippen LogP contribution < -0.4 is 5.73 Å². The maximum absolute atomic E-state index is 5.58. The minimum Gasteiger partial charge on any atom is -0.384 e. The number of aryl methyl sites for hydroxylation is 1. The molecule has 2 heterocycles. The van der Waals surface area contributed by atoms with Gasteiger partial charge >= 0.3 is 0 Å². The predicted octanol–water partition coefficient (Wildman–Crippen LogP) is 1.74. The first-order valence-corrected chi connectivity index (χ1v) is 5.16. The molecule has 5 heteroatoms. The van der Waals surface area contributed by atoms with Crippen molar-refractivity contribution in [3.63, 3.8) is 0 Å². The average molecular weight is 206 g/mol. The molecule has 0 bridgehead atoms. The van der Waals surface area contributed by atoms with Crippen LogP contribution in [0, 0.1) is 0 Å². The van der Waals surface area contributed by atoms with Gasteiger partial charge in [0.15, 0.2) is 5.01 Å². The molecule has 2 rings (SSSR count). The van der Waals surface area contributed by atoms with Crippen molar-refractivity contribution in [2.24, 2.45) is 0 Å². The zero-order valence-corrected chi connectivity index (χ0v) is 8.58. The van der Waals surface area contributed by atoms with Crippen molar-refractivity contribution in [2.45, 2.75) is 13.3 Å². The largest absolute Gasteiger partial charge is 0.384 e. The number of pyridine rings is 1. The molecule has 0 aliphatic rings. The van der Waals surface area contributed by atoms with Gasteiger partial charge in [-0.2, -0.15) is 0 Å². The van der Waals surface area contributed by atoms with Gasteiger partial charge in [-0.15, -0.1) is 10.2 Å². The topological polar surface area (TPSA) is 64.7 Å². The van der Waals surface area contributed by atoms with Crippen LogP contribution in [0.3, 0.4) is 0 Å². The molecule has 0 unspecified atom stereocenters. The Morgan fingerprint density at radius 2 is 2.21 bits per heavy atom. The maximum atomic E-state index is 5.58. The molecule has 72 valence electrons. The minimum absolute atomic E-state index is 0.510. The normalized spacial score (nSPS) is 10.4. The Balaban J connectivity index is 2.39. The summed E-state index contributed by atoms with van der Waals surface area (Å²) in [5, 5.41) is 9.92. The quantitative estimate of drug-likeness (QED) is 0.813. The molecule has 0 amide bonds. The summed E-state index contributed by atoms with van der Waals surface area (Å²) in [6.07, 6.45) is 0.903. The number of hydrogen-bond donors (Lipinski definition) is 1. The number of rotatable bonds is 2. The Morgan fingerprint density at radius 3 is 2.86 bits per heavy atom. The second-order valence-corrected chi connectivity index (χ2v) is 3.86. The minimum atomic E-state index is 0.510. The summed E-state index contributed by atoms with van der Waals surface area (Å²) in [5.41, 5.74) is 6.37. The van der Waals surface area contributed by atoms with Crippen molar-refractivity contribution in [3.8, 4) is 10.7 Å². The summed E-state index contributed by atoms with van der Waals surface area (Å²) in [6, 6.07) is 5.51. The van der Waals surface area contributed by atoms with Crippen LogP contribution in [0.25, 0.3) is 10.7 Å². The monoisotopic (exact) mass is 206 g/mol. The summed E-state index contributed by atoms with van der Waals surface area (Å²) < 4.78 is 0. The highest BCUT2D eigenvalue weighted by Gasteiger charge is 2.06. The Bertz CT molecular complexity index is 438. The van der Waals surface area contributed by atoms with E-state index >= 15 is 0 Å². The number of nitrogens with two attached hydrogens (primary N) is 1. The van der Waals surface area contributed by atoms with E-state index in [2.05, 4.69) is 22.1 Å². The molecule has 0 fully saturated rings. The molecule has 2 aromatic rings. The Kier molecular flexibility index (Phi) is 2.41. The molecule has 14 heavy (non-hydrogen) atoms. The van der Waals surface area contributed by atoms with Crippen molar-refractivity contribution in [1.29, 1.82) is 0 Å². The third kappa shape index (κ3) is 1.72. The van der Waals surface area contributed by atoms with Gasteiger partial charge in [0.05, 0.1) is 0 Å². The van der Waals surface area contributed by atoms with Crippen molar-refractivity contribution in [1.82, 2.24) is 15.2 Å². The van der Waals surface area contributed by atoms with Crippen LogP contribution in [-0.4, -0.2) is 15.2 Å². The molecule has 2 N–H and O–H groups in total. The lowest BCUT2D eigenvalue weighted by Crippen LogP contribution is -1.90. The first-order valence-electron chi connectivity index (χ1n) is 4.35. The van der Waals surface area contributed by atoms with E-state index < -0.39 is 0 Å². The van der Waals surface area contributed by atoms with Gasteiger partial charge < -0.3 is 5.73 Å². The fourth-order valence-corrected chi connectivity index (χ4v) is 1.82. The molecule has 2 aromatic heterocycles. The molecular weight excluding hydrogens is 196 g/mol. The zero-order valence-electron chi connectivity index (χ0n) is 7.77. The Morgan fingerprint density at radius 1 is 1.36 bits per heavy atom. The molecule has 0 atom stereocenters. The van der Waals surface area contributed by atoms with E-state index in [1.165, 1.54) is 0 Å². The van der Waals surface area contributed by atoms with E-state index in [-0.39, 0.29) is 0 Å². The number of hydrogen-bond acceptors (Lipinski definition) is 5. The molecule has 0 spiro atoms. The summed E-state index contributed by atoms with van der Waals surface area (Å²) in [4.78, 5) is 4.18. The van der Waals surface area contributed by atoms with Crippen LogP contribution in [0.5, 0.6) is 0 Å². The van der Waals surface area contributed by atoms with Crippen LogP contribution in [0.4, 0.5) is 5.82 Å². The summed E-state index contributed by atoms with van der Waals surface area (Å²) in [5.74, 6) is 0.510. The van der Waals surface area contributed by atoms with Gasteiger partial charge in [0.2, 0.25) is 0 Å². The van der Waals surface area contributed by atoms with Crippen molar-refractivity contribution in [2.75, 3.05) is 5.73 Å². The zero-order chi connectivity index (χ0) is 9.97. The molecule has 4 nitrogen and oxygen atoms in total. The summed E-state index contributed by atoms with van der Waals surface area (Å²) >= 11 is 1.55. The second-order valence-electron chi connectivity index (χ2n) is 2.80. The van der Waals surface area contributed by atoms with Gasteiger partial charge in [0.1, 0.15) is 16.5 Å². The van der Waals surface area contributed by atoms with Crippen LogP contribution in [0.15, 0.2) is 18.2 Å². The number of anilines is 1. The van der Waals surface area contributed by atoms with Gasteiger partial charge in [-0.05, 0) is 18.6 Å². The first-order chi connectivity index (χ1) is 6.79. The van der Waals surface area contributed by atoms with Gasteiger partial charge in [0.25, 0.3) is 0 Å². The third-order valence-corrected chi connectivity index (χ3v) is 2.85. The van der Waals surface area contributed by atoms with Crippen molar-refractivity contribution < 1.29 is 0 Å². The SMILES string of the molecule is CCc1nnc(-c2cccc(N)n2)s1. The average Bonchev–Trinajstić information content (AvgIpc) is 2.66. The number of nitrogens with zero attached hydrogens (tertiary/aromatic N) is 3. The van der Waals surface area contributed by atoms with E-state index in [4.69, 9.17) is 5.73 Å². The second kappa shape index (κ2) is 3.71. The summed E-state index contributed by atoms with van der Waals surface area (Å²) in [7, 11) is 0. The summed E-state index contributed by atoms with van der Waals surface area (Å²) in [6.45, 7) is 2.05. The smallest absolute Gasteiger partial charge is 0.166 e. The van der Waals surface area contributed by atoms with E-state index in [0.29, 0.717) is 5.82 Å². The molecular formula is C9H10N4S. The number of aromatic nitrogens is 3. The molecule has 0 radical (unpaired) electrons. The maximum Gasteiger partial charge on any atom is 0.166 e. The van der Waals surface area contributed by atoms with Gasteiger partial charge in [0, 0.05) is 0 Å². The van der Waals surface area contributed by atoms with Gasteiger partial charge in [-0.25, -0.2) is 4.98 Å². The molecule has 0 aliphatic heterocycles. The Labute approximate surface area is 85.8 Å². The fraction of sp³-hybridized carbons (Fsp3) is 0.222. The lowest BCUT2D eigenvalue weighted by Gasteiger charge is -1.94. The van der Waals surface area contributed by atoms with Gasteiger partial charge in [-0.1, -0.05) is 24.3 Å². The lowest BCUT2D eigenvalue weighted by molar-refractivity contribution is 0.984. The standard InChI is InChI=1S/C9H10N4S/c1-2-8-12-13-9(14-8)6-4-3-5-7(10)11-6/h3-5H,2H2,1H3,(H2,10,11). The number of nitrogen functional groups attached to an aromatic ring is 1. The highest BCUT2D eigenvalue weighted by Crippen LogP contribution is 2.22. The highest BCUT2D eigenvalue weighted by atomic mass is 32.1. The lowest BCUT2D eigenvalue weighted by atomic mass is 10.3. The van der Waals surface area contributed by atoms with Crippen molar-refractivity contribution in [3.05, 3.63) is 23.2 Å². The van der Waals surface area contributed by atoms with E-state index in [1.54, 1.807) is 17.4 Å². The van der Waals surface area contributed by atoms with Crippen LogP contribution in [0.2, 0.25) is 0 Å². The van der Waals surface area contributed by atoms with E-state index in [9.17, 15) is 0 Å². The Hall–Kier alpha value is -1.49. The van der Waals surface area contributed by atoms with Crippen LogP contribution in [0.1, 0.15) is 11.9 Å². The molecule has 0 aliphatic carbocycles. The van der Waals surface area contributed by atoms with Gasteiger partial charge in [-0.3, -0.25) is 0 Å². The molecule has 0 saturated heterocycles. The third-order valence-electron chi connectivity index (χ3n) is 1.76. The first kappa shape index (κ1) is 9.08.